The zero-order valence-corrected chi connectivity index (χ0v) is 19.9. The minimum atomic E-state index is -2.00. The Kier molecular flexibility index (Phi) is 4.92. The predicted octanol–water partition coefficient (Wildman–Crippen LogP) is 3.38. The van der Waals surface area contributed by atoms with E-state index >= 15 is 4.39 Å². The molecule has 186 valence electrons. The summed E-state index contributed by atoms with van der Waals surface area (Å²) in [6.07, 6.45) is 3.07. The number of carbonyl (C=O) groups excluding carboxylic acids is 2. The van der Waals surface area contributed by atoms with Gasteiger partial charge in [0.1, 0.15) is 6.61 Å². The normalized spacial score (nSPS) is 48.0. The van der Waals surface area contributed by atoms with Crippen molar-refractivity contribution >= 4 is 11.6 Å². The second kappa shape index (κ2) is 7.42. The van der Waals surface area contributed by atoms with E-state index in [-0.39, 0.29) is 18.1 Å². The van der Waals surface area contributed by atoms with Crippen LogP contribution in [0.15, 0.2) is 54.1 Å². The second-order valence-corrected chi connectivity index (χ2v) is 11.3. The highest BCUT2D eigenvalue weighted by Crippen LogP contribution is 2.72. The molecule has 5 aliphatic rings. The molecule has 1 aromatic rings. The van der Waals surface area contributed by atoms with Gasteiger partial charge in [0.25, 0.3) is 0 Å². The molecule has 1 saturated heterocycles. The van der Waals surface area contributed by atoms with Gasteiger partial charge in [-0.25, -0.2) is 4.39 Å². The topological polar surface area (TPSA) is 93.1 Å². The van der Waals surface area contributed by atoms with Crippen LogP contribution in [0.25, 0.3) is 0 Å². The SMILES string of the molecule is C[C@]12C=CC(=O)C=C1CC[C@H]1[C@@H]3C[C@H]4OC(c5ccccc5)O[C@@]4(C(=O)CO)[C@@]3(C)C[C@H](O)[C@@]12F. The number of hydrogen-bond donors (Lipinski definition) is 2. The van der Waals surface area contributed by atoms with Crippen molar-refractivity contribution in [3.8, 4) is 0 Å². The van der Waals surface area contributed by atoms with Crippen molar-refractivity contribution in [3.63, 3.8) is 0 Å². The molecule has 1 aromatic carbocycles. The van der Waals surface area contributed by atoms with Crippen LogP contribution in [-0.2, 0) is 19.1 Å². The minimum absolute atomic E-state index is 0.0115. The van der Waals surface area contributed by atoms with E-state index in [4.69, 9.17) is 9.47 Å². The molecule has 2 N–H and O–H groups in total. The number of alkyl halides is 1. The fourth-order valence-corrected chi connectivity index (χ4v) is 8.33. The van der Waals surface area contributed by atoms with Crippen LogP contribution < -0.4 is 0 Å². The zero-order chi connectivity index (χ0) is 24.8. The number of benzene rings is 1. The molecule has 0 spiro atoms. The number of Topliss-reactive ketones (excluding diaryl/α,β-unsaturated/α-hetero) is 1. The van der Waals surface area contributed by atoms with E-state index in [1.54, 1.807) is 13.0 Å². The number of hydrogen-bond acceptors (Lipinski definition) is 6. The lowest BCUT2D eigenvalue weighted by atomic mass is 9.44. The van der Waals surface area contributed by atoms with Crippen LogP contribution in [0.4, 0.5) is 4.39 Å². The summed E-state index contributed by atoms with van der Waals surface area (Å²) >= 11 is 0. The lowest BCUT2D eigenvalue weighted by Crippen LogP contribution is -2.69. The van der Waals surface area contributed by atoms with Crippen LogP contribution in [0, 0.1) is 22.7 Å². The molecule has 1 heterocycles. The summed E-state index contributed by atoms with van der Waals surface area (Å²) in [6, 6.07) is 9.32. The summed E-state index contributed by atoms with van der Waals surface area (Å²) in [5.74, 6) is -1.52. The first kappa shape index (κ1) is 23.2. The van der Waals surface area contributed by atoms with Crippen molar-refractivity contribution < 1.29 is 33.7 Å². The Morgan fingerprint density at radius 3 is 2.66 bits per heavy atom. The summed E-state index contributed by atoms with van der Waals surface area (Å²) in [5, 5.41) is 21.5. The predicted molar refractivity (Wildman–Crippen MR) is 124 cm³/mol. The van der Waals surface area contributed by atoms with E-state index in [1.165, 1.54) is 12.2 Å². The second-order valence-electron chi connectivity index (χ2n) is 11.3. The molecule has 6 rings (SSSR count). The van der Waals surface area contributed by atoms with Gasteiger partial charge in [0.05, 0.1) is 12.2 Å². The van der Waals surface area contributed by atoms with Gasteiger partial charge in [-0.3, -0.25) is 9.59 Å². The molecule has 9 atom stereocenters. The maximum absolute atomic E-state index is 17.3. The van der Waals surface area contributed by atoms with E-state index in [0.717, 1.165) is 5.56 Å². The molecular formula is C28H31FO6. The number of ketones is 2. The fraction of sp³-hybridized carbons (Fsp3) is 0.571. The average molecular weight is 483 g/mol. The van der Waals surface area contributed by atoms with Crippen LogP contribution in [-0.4, -0.2) is 51.9 Å². The largest absolute Gasteiger partial charge is 0.390 e. The van der Waals surface area contributed by atoms with Crippen LogP contribution in [0.1, 0.15) is 51.4 Å². The van der Waals surface area contributed by atoms with Gasteiger partial charge in [0.15, 0.2) is 29.1 Å². The van der Waals surface area contributed by atoms with Crippen LogP contribution in [0.3, 0.4) is 0 Å². The molecule has 0 amide bonds. The summed E-state index contributed by atoms with van der Waals surface area (Å²) in [7, 11) is 0. The van der Waals surface area contributed by atoms with E-state index in [2.05, 4.69) is 0 Å². The van der Waals surface area contributed by atoms with E-state index in [9.17, 15) is 19.8 Å². The Balaban J connectivity index is 1.44. The number of halogens is 1. The maximum Gasteiger partial charge on any atom is 0.193 e. The number of fused-ring (bicyclic) bond motifs is 7. The van der Waals surface area contributed by atoms with E-state index < -0.39 is 58.9 Å². The molecule has 0 bridgehead atoms. The Bertz CT molecular complexity index is 1150. The van der Waals surface area contributed by atoms with Crippen molar-refractivity contribution in [2.45, 2.75) is 69.3 Å². The van der Waals surface area contributed by atoms with Crippen molar-refractivity contribution in [2.75, 3.05) is 6.61 Å². The molecule has 4 fully saturated rings. The van der Waals surface area contributed by atoms with Crippen LogP contribution in [0.5, 0.6) is 0 Å². The van der Waals surface area contributed by atoms with Crippen molar-refractivity contribution in [1.82, 2.24) is 0 Å². The van der Waals surface area contributed by atoms with Gasteiger partial charge in [-0.2, -0.15) is 0 Å². The molecular weight excluding hydrogens is 451 g/mol. The fourth-order valence-electron chi connectivity index (χ4n) is 8.33. The van der Waals surface area contributed by atoms with Crippen LogP contribution in [0.2, 0.25) is 0 Å². The first-order chi connectivity index (χ1) is 16.6. The van der Waals surface area contributed by atoms with Gasteiger partial charge in [-0.1, -0.05) is 48.9 Å². The van der Waals surface area contributed by atoms with Gasteiger partial charge in [-0.15, -0.1) is 0 Å². The monoisotopic (exact) mass is 482 g/mol. The van der Waals surface area contributed by atoms with Gasteiger partial charge in [0, 0.05) is 22.3 Å². The highest BCUT2D eigenvalue weighted by molar-refractivity contribution is 6.01. The lowest BCUT2D eigenvalue weighted by molar-refractivity contribution is -0.231. The van der Waals surface area contributed by atoms with Gasteiger partial charge in [0.2, 0.25) is 0 Å². The lowest BCUT2D eigenvalue weighted by Gasteiger charge is -2.62. The average Bonchev–Trinajstić information content (AvgIpc) is 3.34. The maximum atomic E-state index is 17.3. The highest BCUT2D eigenvalue weighted by Gasteiger charge is 2.79. The minimum Gasteiger partial charge on any atom is -0.390 e. The molecule has 7 heteroatoms. The molecule has 0 aromatic heterocycles. The molecule has 1 aliphatic heterocycles. The number of ether oxygens (including phenoxy) is 2. The molecule has 1 unspecified atom stereocenters. The third kappa shape index (κ3) is 2.67. The number of aliphatic hydroxyl groups excluding tert-OH is 2. The van der Waals surface area contributed by atoms with E-state index in [1.807, 2.05) is 37.3 Å². The number of aliphatic hydroxyl groups is 2. The third-order valence-electron chi connectivity index (χ3n) is 10.0. The summed E-state index contributed by atoms with van der Waals surface area (Å²) in [5.41, 5.74) is -4.05. The van der Waals surface area contributed by atoms with E-state index in [0.29, 0.717) is 24.8 Å². The Hall–Kier alpha value is -2.19. The van der Waals surface area contributed by atoms with Crippen molar-refractivity contribution in [2.24, 2.45) is 22.7 Å². The smallest absolute Gasteiger partial charge is 0.193 e. The summed E-state index contributed by atoms with van der Waals surface area (Å²) in [6.45, 7) is 2.93. The molecule has 0 radical (unpaired) electrons. The summed E-state index contributed by atoms with van der Waals surface area (Å²) < 4.78 is 30.1. The Labute approximate surface area is 203 Å². The Morgan fingerprint density at radius 1 is 1.20 bits per heavy atom. The van der Waals surface area contributed by atoms with Crippen molar-refractivity contribution in [1.29, 1.82) is 0 Å². The standard InChI is InChI=1S/C28H31FO6/c1-25-11-10-18(31)12-17(25)8-9-19-20-13-23-28(22(33)15-30,26(20,2)14-21(32)27(19,25)29)35-24(34-23)16-6-4-3-5-7-16/h3-7,10-12,19-21,23-24,30,32H,8-9,13-15H2,1-2H3/t19-,20-,21-,23+,24?,25-,26-,27-,28+/m0/s1. The molecule has 3 saturated carbocycles. The first-order valence-electron chi connectivity index (χ1n) is 12.5. The van der Waals surface area contributed by atoms with Gasteiger partial charge in [-0.05, 0) is 50.7 Å². The third-order valence-corrected chi connectivity index (χ3v) is 10.0. The molecule has 35 heavy (non-hydrogen) atoms. The zero-order valence-electron chi connectivity index (χ0n) is 19.9. The summed E-state index contributed by atoms with van der Waals surface area (Å²) in [4.78, 5) is 25.5. The van der Waals surface area contributed by atoms with Gasteiger partial charge >= 0.3 is 0 Å². The molecule has 4 aliphatic carbocycles. The molecule has 6 nitrogen and oxygen atoms in total. The van der Waals surface area contributed by atoms with Crippen molar-refractivity contribution in [3.05, 3.63) is 59.7 Å². The number of carbonyl (C=O) groups is 2. The Morgan fingerprint density at radius 2 is 1.94 bits per heavy atom. The number of rotatable bonds is 3. The van der Waals surface area contributed by atoms with Gasteiger partial charge < -0.3 is 19.7 Å². The van der Waals surface area contributed by atoms with Crippen LogP contribution >= 0.6 is 0 Å². The quantitative estimate of drug-likeness (QED) is 0.686. The first-order valence-corrected chi connectivity index (χ1v) is 12.5. The highest BCUT2D eigenvalue weighted by atomic mass is 19.1. The number of allylic oxidation sites excluding steroid dienone is 4.